The number of hydrogen-bond acceptors (Lipinski definition) is 7. The first-order valence-corrected chi connectivity index (χ1v) is 8.11. The normalized spacial score (nSPS) is 19.3. The summed E-state index contributed by atoms with van der Waals surface area (Å²) < 4.78 is 10.8. The van der Waals surface area contributed by atoms with Gasteiger partial charge in [-0.2, -0.15) is 0 Å². The molecule has 2 fully saturated rings. The minimum atomic E-state index is 0.731. The van der Waals surface area contributed by atoms with Gasteiger partial charge in [0.15, 0.2) is 7.85 Å². The smallest absolute Gasteiger partial charge is 0.225 e. The van der Waals surface area contributed by atoms with Gasteiger partial charge in [-0.3, -0.25) is 0 Å². The molecule has 120 valence electrons. The van der Waals surface area contributed by atoms with Crippen LogP contribution in [0.3, 0.4) is 0 Å². The number of fused-ring (bicyclic) bond motifs is 1. The number of ether oxygens (including phenoxy) is 2. The summed E-state index contributed by atoms with van der Waals surface area (Å²) in [7, 11) is 2.04. The molecule has 0 saturated carbocycles. The zero-order chi connectivity index (χ0) is 15.6. The molecule has 8 heteroatoms. The van der Waals surface area contributed by atoms with Crippen molar-refractivity contribution in [1.82, 2.24) is 15.0 Å². The summed E-state index contributed by atoms with van der Waals surface area (Å²) in [6.07, 6.45) is 1.86. The average Bonchev–Trinajstić information content (AvgIpc) is 2.63. The molecular weight excluding hydrogens is 293 g/mol. The molecule has 2 aromatic rings. The van der Waals surface area contributed by atoms with Crippen molar-refractivity contribution in [1.29, 1.82) is 0 Å². The third kappa shape index (κ3) is 2.96. The molecule has 2 aliphatic rings. The van der Waals surface area contributed by atoms with E-state index < -0.39 is 0 Å². The lowest BCUT2D eigenvalue weighted by Gasteiger charge is -2.28. The maximum atomic E-state index is 5.41. The number of pyridine rings is 1. The van der Waals surface area contributed by atoms with Crippen LogP contribution in [0.15, 0.2) is 12.3 Å². The van der Waals surface area contributed by atoms with Gasteiger partial charge in [-0.05, 0) is 6.07 Å². The van der Waals surface area contributed by atoms with Gasteiger partial charge in [-0.25, -0.2) is 15.0 Å². The highest BCUT2D eigenvalue weighted by molar-refractivity contribution is 6.37. The molecule has 23 heavy (non-hydrogen) atoms. The fraction of sp³-hybridized carbons (Fsp3) is 0.533. The van der Waals surface area contributed by atoms with Crippen LogP contribution in [0.4, 0.5) is 11.8 Å². The number of anilines is 2. The lowest BCUT2D eigenvalue weighted by molar-refractivity contribution is 0.122. The number of aromatic nitrogens is 3. The van der Waals surface area contributed by atoms with E-state index in [9.17, 15) is 0 Å². The lowest BCUT2D eigenvalue weighted by atomic mass is 9.99. The molecule has 4 rings (SSSR count). The van der Waals surface area contributed by atoms with Crippen molar-refractivity contribution in [3.63, 3.8) is 0 Å². The van der Waals surface area contributed by atoms with Crippen LogP contribution in [0, 0.1) is 0 Å². The minimum absolute atomic E-state index is 0.731. The van der Waals surface area contributed by atoms with Crippen molar-refractivity contribution in [2.24, 2.45) is 0 Å². The summed E-state index contributed by atoms with van der Waals surface area (Å²) in [5.41, 5.74) is 1.89. The lowest BCUT2D eigenvalue weighted by Crippen LogP contribution is -2.38. The Hall–Kier alpha value is -1.93. The highest BCUT2D eigenvalue weighted by atomic mass is 16.5. The summed E-state index contributed by atoms with van der Waals surface area (Å²) >= 11 is 0. The summed E-state index contributed by atoms with van der Waals surface area (Å²) in [6, 6.07) is 2.10. The van der Waals surface area contributed by atoms with E-state index in [2.05, 4.69) is 20.9 Å². The number of rotatable bonds is 2. The molecule has 2 aromatic heterocycles. The van der Waals surface area contributed by atoms with E-state index in [4.69, 9.17) is 19.4 Å². The quantitative estimate of drug-likeness (QED) is 0.656. The van der Waals surface area contributed by atoms with Crippen LogP contribution in [-0.2, 0) is 9.47 Å². The molecular formula is C15H20BN5O2. The van der Waals surface area contributed by atoms with Crippen LogP contribution in [0.1, 0.15) is 0 Å². The van der Waals surface area contributed by atoms with Crippen LogP contribution in [0.25, 0.3) is 10.9 Å². The van der Waals surface area contributed by atoms with Gasteiger partial charge in [0.2, 0.25) is 5.95 Å². The Kier molecular flexibility index (Phi) is 4.01. The second-order valence-electron chi connectivity index (χ2n) is 5.87. The molecule has 0 amide bonds. The van der Waals surface area contributed by atoms with E-state index >= 15 is 0 Å². The van der Waals surface area contributed by atoms with E-state index in [-0.39, 0.29) is 0 Å². The van der Waals surface area contributed by atoms with Crippen molar-refractivity contribution in [2.75, 3.05) is 62.4 Å². The average molecular weight is 313 g/mol. The van der Waals surface area contributed by atoms with E-state index in [1.807, 2.05) is 14.0 Å². The monoisotopic (exact) mass is 313 g/mol. The zero-order valence-corrected chi connectivity index (χ0v) is 13.4. The van der Waals surface area contributed by atoms with Crippen LogP contribution >= 0.6 is 0 Å². The maximum absolute atomic E-state index is 5.41. The van der Waals surface area contributed by atoms with Crippen LogP contribution in [0.5, 0.6) is 0 Å². The number of nitrogens with zero attached hydrogens (tertiary/aromatic N) is 5. The van der Waals surface area contributed by atoms with E-state index in [1.54, 1.807) is 0 Å². The third-order valence-corrected chi connectivity index (χ3v) is 4.38. The second kappa shape index (κ2) is 6.29. The summed E-state index contributed by atoms with van der Waals surface area (Å²) in [5.74, 6) is 1.76. The van der Waals surface area contributed by atoms with Crippen molar-refractivity contribution < 1.29 is 9.47 Å². The molecule has 0 bridgehead atoms. The molecule has 0 N–H and O–H groups in total. The van der Waals surface area contributed by atoms with Crippen LogP contribution in [0.2, 0.25) is 0 Å². The third-order valence-electron chi connectivity index (χ3n) is 4.38. The summed E-state index contributed by atoms with van der Waals surface area (Å²) in [5, 5.41) is 1.07. The molecule has 7 nitrogen and oxygen atoms in total. The van der Waals surface area contributed by atoms with Gasteiger partial charge in [-0.1, -0.05) is 0 Å². The van der Waals surface area contributed by atoms with Gasteiger partial charge in [0.05, 0.1) is 38.1 Å². The van der Waals surface area contributed by atoms with Gasteiger partial charge in [0.25, 0.3) is 0 Å². The number of morpholine rings is 2. The zero-order valence-electron chi connectivity index (χ0n) is 13.4. The van der Waals surface area contributed by atoms with Crippen LogP contribution < -0.4 is 15.4 Å². The fourth-order valence-corrected chi connectivity index (χ4v) is 3.03. The van der Waals surface area contributed by atoms with Crippen molar-refractivity contribution in [3.05, 3.63) is 12.3 Å². The Bertz CT molecular complexity index is 702. The molecule has 0 aromatic carbocycles. The molecule has 0 aliphatic carbocycles. The van der Waals surface area contributed by atoms with Gasteiger partial charge >= 0.3 is 0 Å². The molecule has 0 unspecified atom stereocenters. The molecule has 2 saturated heterocycles. The van der Waals surface area contributed by atoms with Gasteiger partial charge in [-0.15, -0.1) is 0 Å². The first kappa shape index (κ1) is 14.7. The predicted molar refractivity (Wildman–Crippen MR) is 91.6 cm³/mol. The maximum Gasteiger partial charge on any atom is 0.225 e. The first-order valence-electron chi connectivity index (χ1n) is 8.11. The Balaban J connectivity index is 1.67. The Morgan fingerprint density at radius 3 is 2.26 bits per heavy atom. The van der Waals surface area contributed by atoms with Crippen LogP contribution in [-0.4, -0.2) is 75.4 Å². The topological polar surface area (TPSA) is 63.6 Å². The van der Waals surface area contributed by atoms with E-state index in [0.29, 0.717) is 0 Å². The minimum Gasteiger partial charge on any atom is -0.378 e. The van der Waals surface area contributed by atoms with E-state index in [1.165, 1.54) is 0 Å². The van der Waals surface area contributed by atoms with Gasteiger partial charge in [0, 0.05) is 37.2 Å². The molecule has 4 heterocycles. The summed E-state index contributed by atoms with van der Waals surface area (Å²) in [6.45, 7) is 6.41. The van der Waals surface area contributed by atoms with Crippen molar-refractivity contribution in [3.8, 4) is 0 Å². The molecule has 2 aliphatic heterocycles. The standard InChI is InChI=1S/C15H20BN5O2/c16-14-11-9-13(20-1-5-22-6-2-20)17-10-12(11)18-15(19-14)21-3-7-23-8-4-21/h9-10H,1-8,16H2. The Morgan fingerprint density at radius 2 is 1.57 bits per heavy atom. The van der Waals surface area contributed by atoms with Crippen molar-refractivity contribution in [2.45, 2.75) is 0 Å². The van der Waals surface area contributed by atoms with E-state index in [0.717, 1.165) is 80.9 Å². The highest BCUT2D eigenvalue weighted by Gasteiger charge is 2.17. The first-order chi connectivity index (χ1) is 11.3. The largest absolute Gasteiger partial charge is 0.378 e. The SMILES string of the molecule is Bc1nc(N2CCOCC2)nc2cnc(N3CCOCC3)cc12. The van der Waals surface area contributed by atoms with Crippen molar-refractivity contribution >= 4 is 36.1 Å². The fourth-order valence-electron chi connectivity index (χ4n) is 3.03. The highest BCUT2D eigenvalue weighted by Crippen LogP contribution is 2.19. The van der Waals surface area contributed by atoms with Gasteiger partial charge in [0.1, 0.15) is 5.82 Å². The number of hydrogen-bond donors (Lipinski definition) is 0. The summed E-state index contributed by atoms with van der Waals surface area (Å²) in [4.78, 5) is 18.4. The Labute approximate surface area is 136 Å². The molecule has 0 atom stereocenters. The molecule has 0 spiro atoms. The van der Waals surface area contributed by atoms with Gasteiger partial charge < -0.3 is 19.3 Å². The second-order valence-corrected chi connectivity index (χ2v) is 5.87. The molecule has 0 radical (unpaired) electrons. The Morgan fingerprint density at radius 1 is 0.913 bits per heavy atom. The predicted octanol–water partition coefficient (Wildman–Crippen LogP) is -1.04.